The zero-order valence-electron chi connectivity index (χ0n) is 12.2. The first-order valence-electron chi connectivity index (χ1n) is 6.95. The molecule has 0 aliphatic heterocycles. The minimum absolute atomic E-state index is 0.0993. The van der Waals surface area contributed by atoms with E-state index in [0.29, 0.717) is 6.04 Å². The number of amides is 1. The Morgan fingerprint density at radius 2 is 2.10 bits per heavy atom. The van der Waals surface area contributed by atoms with Crippen LogP contribution in [0.2, 0.25) is 0 Å². The summed E-state index contributed by atoms with van der Waals surface area (Å²) in [5.41, 5.74) is 1.05. The van der Waals surface area contributed by atoms with Crippen LogP contribution in [-0.2, 0) is 4.79 Å². The van der Waals surface area contributed by atoms with E-state index in [-0.39, 0.29) is 17.5 Å². The van der Waals surface area contributed by atoms with Crippen LogP contribution in [0.25, 0.3) is 0 Å². The van der Waals surface area contributed by atoms with Gasteiger partial charge in [0.2, 0.25) is 0 Å². The summed E-state index contributed by atoms with van der Waals surface area (Å²) < 4.78 is 5.10. The Hall–Kier alpha value is -2.48. The number of hydrogen-bond donors (Lipinski definition) is 2. The molecular weight excluding hydrogens is 266 g/mol. The lowest BCUT2D eigenvalue weighted by molar-refractivity contribution is -0.117. The van der Waals surface area contributed by atoms with Gasteiger partial charge in [-0.1, -0.05) is 12.1 Å². The number of carbonyl (C=O) groups excluding carboxylic acids is 1. The van der Waals surface area contributed by atoms with Gasteiger partial charge in [0.1, 0.15) is 17.4 Å². The van der Waals surface area contributed by atoms with Crippen molar-refractivity contribution in [1.29, 1.82) is 5.26 Å². The summed E-state index contributed by atoms with van der Waals surface area (Å²) in [5, 5.41) is 14.9. The van der Waals surface area contributed by atoms with Crippen LogP contribution in [0, 0.1) is 11.3 Å². The molecule has 0 radical (unpaired) electrons. The Morgan fingerprint density at radius 1 is 1.43 bits per heavy atom. The molecule has 1 aromatic carbocycles. The summed E-state index contributed by atoms with van der Waals surface area (Å²) >= 11 is 0. The van der Waals surface area contributed by atoms with Gasteiger partial charge in [0.05, 0.1) is 13.2 Å². The second kappa shape index (κ2) is 6.80. The van der Waals surface area contributed by atoms with Crippen molar-refractivity contribution in [1.82, 2.24) is 10.6 Å². The van der Waals surface area contributed by atoms with Crippen molar-refractivity contribution in [3.8, 4) is 11.8 Å². The van der Waals surface area contributed by atoms with Crippen LogP contribution in [0.15, 0.2) is 36.0 Å². The van der Waals surface area contributed by atoms with E-state index in [4.69, 9.17) is 10.00 Å². The molecule has 2 N–H and O–H groups in total. The van der Waals surface area contributed by atoms with Crippen molar-refractivity contribution in [2.45, 2.75) is 31.8 Å². The first-order valence-corrected chi connectivity index (χ1v) is 6.95. The molecule has 2 rings (SSSR count). The lowest BCUT2D eigenvalue weighted by Crippen LogP contribution is -2.28. The number of benzene rings is 1. The lowest BCUT2D eigenvalue weighted by atomic mass is 10.1. The van der Waals surface area contributed by atoms with E-state index in [1.54, 1.807) is 7.11 Å². The Kier molecular flexibility index (Phi) is 4.83. The molecule has 0 aromatic heterocycles. The molecule has 5 heteroatoms. The van der Waals surface area contributed by atoms with E-state index in [1.807, 2.05) is 37.3 Å². The third-order valence-corrected chi connectivity index (χ3v) is 3.37. The zero-order valence-corrected chi connectivity index (χ0v) is 12.2. The van der Waals surface area contributed by atoms with Crippen LogP contribution in [0.5, 0.6) is 5.75 Å². The Labute approximate surface area is 124 Å². The number of ether oxygens (including phenoxy) is 1. The van der Waals surface area contributed by atoms with Crippen LogP contribution < -0.4 is 15.4 Å². The Balaban J connectivity index is 1.96. The molecule has 1 saturated carbocycles. The van der Waals surface area contributed by atoms with E-state index in [2.05, 4.69) is 10.6 Å². The highest BCUT2D eigenvalue weighted by molar-refractivity contribution is 5.97. The van der Waals surface area contributed by atoms with Crippen molar-refractivity contribution in [2.24, 2.45) is 0 Å². The maximum absolute atomic E-state index is 12.0. The van der Waals surface area contributed by atoms with Crippen molar-refractivity contribution < 1.29 is 9.53 Å². The molecule has 0 saturated heterocycles. The number of nitrogens with zero attached hydrogens (tertiary/aromatic N) is 1. The van der Waals surface area contributed by atoms with Crippen LogP contribution in [0.1, 0.15) is 31.4 Å². The second-order valence-corrected chi connectivity index (χ2v) is 5.08. The standard InChI is InChI=1S/C16H19N3O2/c1-11(12-3-7-15(21-2)8-4-12)19-16(20)13(9-17)10-18-14-5-6-14/h3-4,7-8,10-11,14,18H,5-6H2,1-2H3,(H,19,20)/b13-10-. The predicted octanol–water partition coefficient (Wildman–Crippen LogP) is 2.03. The highest BCUT2D eigenvalue weighted by Gasteiger charge is 2.20. The van der Waals surface area contributed by atoms with E-state index in [1.165, 1.54) is 6.20 Å². The van der Waals surface area contributed by atoms with E-state index in [0.717, 1.165) is 24.2 Å². The molecule has 1 unspecified atom stereocenters. The molecule has 1 aliphatic carbocycles. The average Bonchev–Trinajstić information content (AvgIpc) is 3.32. The van der Waals surface area contributed by atoms with Gasteiger partial charge < -0.3 is 15.4 Å². The fraction of sp³-hybridized carbons (Fsp3) is 0.375. The summed E-state index contributed by atoms with van der Waals surface area (Å²) in [6.07, 6.45) is 3.70. The van der Waals surface area contributed by atoms with E-state index < -0.39 is 0 Å². The average molecular weight is 285 g/mol. The van der Waals surface area contributed by atoms with Gasteiger partial charge in [-0.2, -0.15) is 5.26 Å². The Morgan fingerprint density at radius 3 is 2.62 bits per heavy atom. The SMILES string of the molecule is COc1ccc(C(C)NC(=O)/C(C#N)=C\NC2CC2)cc1. The molecule has 0 spiro atoms. The number of nitrogens with one attached hydrogen (secondary N) is 2. The molecular formula is C16H19N3O2. The van der Waals surface area contributed by atoms with Gasteiger partial charge in [0, 0.05) is 12.2 Å². The molecule has 1 aliphatic rings. The molecule has 110 valence electrons. The fourth-order valence-corrected chi connectivity index (χ4v) is 1.85. The van der Waals surface area contributed by atoms with Gasteiger partial charge in [0.15, 0.2) is 0 Å². The highest BCUT2D eigenvalue weighted by Crippen LogP contribution is 2.19. The third-order valence-electron chi connectivity index (χ3n) is 3.37. The van der Waals surface area contributed by atoms with E-state index >= 15 is 0 Å². The predicted molar refractivity (Wildman–Crippen MR) is 79.4 cm³/mol. The number of rotatable bonds is 6. The molecule has 0 heterocycles. The first-order chi connectivity index (χ1) is 10.1. The van der Waals surface area contributed by atoms with Crippen molar-refractivity contribution in [2.75, 3.05) is 7.11 Å². The minimum atomic E-state index is -0.367. The third kappa shape index (κ3) is 4.25. The number of nitriles is 1. The van der Waals surface area contributed by atoms with Gasteiger partial charge in [-0.15, -0.1) is 0 Å². The maximum atomic E-state index is 12.0. The summed E-state index contributed by atoms with van der Waals surface area (Å²) in [6.45, 7) is 1.88. The van der Waals surface area contributed by atoms with Gasteiger partial charge in [-0.3, -0.25) is 4.79 Å². The van der Waals surface area contributed by atoms with Gasteiger partial charge in [-0.05, 0) is 37.5 Å². The van der Waals surface area contributed by atoms with Crippen LogP contribution in [0.3, 0.4) is 0 Å². The second-order valence-electron chi connectivity index (χ2n) is 5.08. The van der Waals surface area contributed by atoms with E-state index in [9.17, 15) is 4.79 Å². The molecule has 5 nitrogen and oxygen atoms in total. The monoisotopic (exact) mass is 285 g/mol. The van der Waals surface area contributed by atoms with Crippen molar-refractivity contribution in [3.05, 3.63) is 41.6 Å². The fourth-order valence-electron chi connectivity index (χ4n) is 1.85. The molecule has 1 fully saturated rings. The normalized spacial score (nSPS) is 15.8. The molecule has 1 atom stereocenters. The number of methoxy groups -OCH3 is 1. The first kappa shape index (κ1) is 14.9. The topological polar surface area (TPSA) is 74.1 Å². The molecule has 21 heavy (non-hydrogen) atoms. The highest BCUT2D eigenvalue weighted by atomic mass is 16.5. The molecule has 1 amide bonds. The zero-order chi connectivity index (χ0) is 15.2. The minimum Gasteiger partial charge on any atom is -0.497 e. The summed E-state index contributed by atoms with van der Waals surface area (Å²) in [7, 11) is 1.61. The lowest BCUT2D eigenvalue weighted by Gasteiger charge is -2.14. The summed E-state index contributed by atoms with van der Waals surface area (Å²) in [5.74, 6) is 0.400. The summed E-state index contributed by atoms with van der Waals surface area (Å²) in [4.78, 5) is 12.0. The number of hydrogen-bond acceptors (Lipinski definition) is 4. The molecule has 0 bridgehead atoms. The van der Waals surface area contributed by atoms with Crippen molar-refractivity contribution in [3.63, 3.8) is 0 Å². The maximum Gasteiger partial charge on any atom is 0.263 e. The van der Waals surface area contributed by atoms with Crippen LogP contribution in [0.4, 0.5) is 0 Å². The van der Waals surface area contributed by atoms with Crippen molar-refractivity contribution >= 4 is 5.91 Å². The Bertz CT molecular complexity index is 568. The number of carbonyl (C=O) groups is 1. The van der Waals surface area contributed by atoms with Crippen LogP contribution in [-0.4, -0.2) is 19.1 Å². The van der Waals surface area contributed by atoms with Gasteiger partial charge in [0.25, 0.3) is 5.91 Å². The van der Waals surface area contributed by atoms with Crippen LogP contribution >= 0.6 is 0 Å². The quantitative estimate of drug-likeness (QED) is 0.619. The molecule has 1 aromatic rings. The largest absolute Gasteiger partial charge is 0.497 e. The summed E-state index contributed by atoms with van der Waals surface area (Å²) in [6, 6.07) is 9.63. The van der Waals surface area contributed by atoms with Gasteiger partial charge >= 0.3 is 0 Å². The smallest absolute Gasteiger partial charge is 0.263 e. The van der Waals surface area contributed by atoms with Gasteiger partial charge in [-0.25, -0.2) is 0 Å².